The molecule has 0 aliphatic rings. The predicted octanol–water partition coefficient (Wildman–Crippen LogP) is 2.66. The Morgan fingerprint density at radius 2 is 0.783 bits per heavy atom. The number of nitrogens with zero attached hydrogens (tertiary/aromatic N) is 4. The van der Waals surface area contributed by atoms with E-state index in [1.165, 1.54) is 49.7 Å². The molecular formula is C51H56BrI3N4O. The zero-order valence-electron chi connectivity index (χ0n) is 34.8. The molecule has 0 unspecified atom stereocenters. The van der Waals surface area contributed by atoms with E-state index in [4.69, 9.17) is 4.74 Å². The van der Waals surface area contributed by atoms with Gasteiger partial charge >= 0.3 is 0 Å². The zero-order chi connectivity index (χ0) is 39.7. The Balaban J connectivity index is 0.00000320. The standard InChI is InChI=1S/C51H56BrN4O.3HI/c1-53-34-27-44(28-35-53)13-11-42-16-22-48(23-17-42)56(49-24-18-43(19-25-49)12-14-45-29-36-54(2)37-30-45)50-26-21-47(20-15-46-31-38-55(3)39-32-46)51(41-50)57-40-10-8-6-4-5-7-9-33-52;;;/h11-32,34-39,41H,4-10,33,40H2,1-3H3;3*1H/q+3;;;/p-3. The van der Waals surface area contributed by atoms with Crippen LogP contribution in [0.4, 0.5) is 17.1 Å². The van der Waals surface area contributed by atoms with Gasteiger partial charge in [-0.15, -0.1) is 0 Å². The third-order valence-corrected chi connectivity index (χ3v) is 10.6. The molecule has 9 heteroatoms. The van der Waals surface area contributed by atoms with E-state index in [-0.39, 0.29) is 71.9 Å². The highest BCUT2D eigenvalue weighted by Crippen LogP contribution is 2.38. The molecule has 3 aromatic carbocycles. The Kier molecular flexibility index (Phi) is 23.4. The summed E-state index contributed by atoms with van der Waals surface area (Å²) in [4.78, 5) is 2.32. The van der Waals surface area contributed by atoms with Gasteiger partial charge in [-0.05, 0) is 77.1 Å². The van der Waals surface area contributed by atoms with Gasteiger partial charge in [0.15, 0.2) is 37.2 Å². The van der Waals surface area contributed by atoms with Gasteiger partial charge in [0.2, 0.25) is 0 Å². The van der Waals surface area contributed by atoms with Gasteiger partial charge in [0.1, 0.15) is 26.9 Å². The van der Waals surface area contributed by atoms with Gasteiger partial charge in [-0.2, -0.15) is 0 Å². The monoisotopic (exact) mass is 1200 g/mol. The van der Waals surface area contributed by atoms with E-state index in [2.05, 4.69) is 202 Å². The summed E-state index contributed by atoms with van der Waals surface area (Å²) in [6.45, 7) is 0.689. The van der Waals surface area contributed by atoms with Crippen LogP contribution < -0.4 is 95.3 Å². The lowest BCUT2D eigenvalue weighted by atomic mass is 10.1. The molecule has 0 spiro atoms. The highest BCUT2D eigenvalue weighted by atomic mass is 127. The molecule has 0 amide bonds. The van der Waals surface area contributed by atoms with Crippen LogP contribution >= 0.6 is 15.9 Å². The van der Waals surface area contributed by atoms with Gasteiger partial charge < -0.3 is 81.6 Å². The molecule has 6 rings (SSSR count). The average molecular weight is 1200 g/mol. The summed E-state index contributed by atoms with van der Waals surface area (Å²) < 4.78 is 12.8. The fraction of sp³-hybridized carbons (Fsp3) is 0.235. The molecule has 314 valence electrons. The first-order valence-corrected chi connectivity index (χ1v) is 21.3. The van der Waals surface area contributed by atoms with Crippen LogP contribution in [0.15, 0.2) is 140 Å². The fourth-order valence-corrected chi connectivity index (χ4v) is 6.94. The number of hydrogen-bond donors (Lipinski definition) is 0. The van der Waals surface area contributed by atoms with Gasteiger partial charge in [0, 0.05) is 70.4 Å². The molecular weight excluding hydrogens is 1150 g/mol. The molecule has 0 N–H and O–H groups in total. The maximum atomic E-state index is 6.64. The quantitative estimate of drug-likeness (QED) is 0.0541. The first-order chi connectivity index (χ1) is 27.9. The van der Waals surface area contributed by atoms with E-state index >= 15 is 0 Å². The van der Waals surface area contributed by atoms with Gasteiger partial charge in [0.25, 0.3) is 0 Å². The van der Waals surface area contributed by atoms with Crippen LogP contribution in [0, 0.1) is 0 Å². The largest absolute Gasteiger partial charge is 1.00 e. The van der Waals surface area contributed by atoms with E-state index in [1.54, 1.807) is 0 Å². The SMILES string of the molecule is C[n+]1ccc(/C=C/c2ccc(N(c3ccc(/C=C/c4cc[n+](C)cc4)cc3)c3ccc(/C=C/c4cc[n+](C)cc4)c(OCCCCCCCCCBr)c3)cc2)cc1.[I-].[I-].[I-]. The number of unbranched alkanes of at least 4 members (excludes halogenated alkanes) is 6. The van der Waals surface area contributed by atoms with Gasteiger partial charge in [-0.25, -0.2) is 13.7 Å². The molecule has 0 saturated carbocycles. The second-order valence-corrected chi connectivity index (χ2v) is 15.4. The van der Waals surface area contributed by atoms with Crippen molar-refractivity contribution in [3.8, 4) is 5.75 Å². The number of anilines is 3. The molecule has 0 saturated heterocycles. The topological polar surface area (TPSA) is 24.1 Å². The molecule has 0 radical (unpaired) electrons. The Labute approximate surface area is 418 Å². The molecule has 0 aliphatic carbocycles. The maximum Gasteiger partial charge on any atom is 0.169 e. The Morgan fingerprint density at radius 3 is 1.20 bits per heavy atom. The van der Waals surface area contributed by atoms with Crippen LogP contribution in [-0.4, -0.2) is 11.9 Å². The normalized spacial score (nSPS) is 11.0. The molecule has 0 aliphatic heterocycles. The first-order valence-electron chi connectivity index (χ1n) is 20.2. The number of aromatic nitrogens is 3. The van der Waals surface area contributed by atoms with Crippen LogP contribution in [0.2, 0.25) is 0 Å². The summed E-state index contributed by atoms with van der Waals surface area (Å²) in [5.74, 6) is 0.888. The van der Waals surface area contributed by atoms with Crippen molar-refractivity contribution in [1.29, 1.82) is 0 Å². The van der Waals surface area contributed by atoms with Crippen LogP contribution in [0.1, 0.15) is 78.3 Å². The predicted molar refractivity (Wildman–Crippen MR) is 242 cm³/mol. The number of halogens is 4. The molecule has 0 fully saturated rings. The van der Waals surface area contributed by atoms with E-state index in [1.807, 2.05) is 30.3 Å². The lowest BCUT2D eigenvalue weighted by Gasteiger charge is -2.26. The van der Waals surface area contributed by atoms with Crippen LogP contribution in [-0.2, 0) is 21.1 Å². The van der Waals surface area contributed by atoms with E-state index in [9.17, 15) is 0 Å². The number of benzene rings is 3. The number of ether oxygens (including phenoxy) is 1. The second-order valence-electron chi connectivity index (χ2n) is 14.6. The lowest BCUT2D eigenvalue weighted by Crippen LogP contribution is -3.00. The van der Waals surface area contributed by atoms with E-state index in [0.29, 0.717) is 6.61 Å². The minimum atomic E-state index is 0. The summed E-state index contributed by atoms with van der Waals surface area (Å²) in [6, 6.07) is 36.9. The summed E-state index contributed by atoms with van der Waals surface area (Å²) in [7, 11) is 6.11. The smallest absolute Gasteiger partial charge is 0.169 e. The van der Waals surface area contributed by atoms with E-state index in [0.717, 1.165) is 56.8 Å². The summed E-state index contributed by atoms with van der Waals surface area (Å²) in [6.07, 6.45) is 34.0. The first kappa shape index (κ1) is 51.0. The van der Waals surface area contributed by atoms with Crippen LogP contribution in [0.5, 0.6) is 5.75 Å². The highest BCUT2D eigenvalue weighted by molar-refractivity contribution is 9.09. The molecule has 3 heterocycles. The van der Waals surface area contributed by atoms with Crippen molar-refractivity contribution in [2.75, 3.05) is 16.8 Å². The van der Waals surface area contributed by atoms with Crippen LogP contribution in [0.3, 0.4) is 0 Å². The number of alkyl halides is 1. The summed E-state index contributed by atoms with van der Waals surface area (Å²) in [5.41, 5.74) is 10.0. The van der Waals surface area contributed by atoms with Crippen molar-refractivity contribution in [2.24, 2.45) is 21.1 Å². The van der Waals surface area contributed by atoms with Gasteiger partial charge in [-0.1, -0.05) is 109 Å². The Morgan fingerprint density at radius 1 is 0.433 bits per heavy atom. The van der Waals surface area contributed by atoms with Crippen molar-refractivity contribution in [2.45, 2.75) is 44.9 Å². The molecule has 3 aromatic heterocycles. The summed E-state index contributed by atoms with van der Waals surface area (Å²) in [5, 5.41) is 1.10. The van der Waals surface area contributed by atoms with Crippen molar-refractivity contribution < 1.29 is 90.4 Å². The number of pyridine rings is 3. The number of rotatable bonds is 19. The molecule has 0 bridgehead atoms. The molecule has 60 heavy (non-hydrogen) atoms. The minimum absolute atomic E-state index is 0. The number of aryl methyl sites for hydroxylation is 3. The van der Waals surface area contributed by atoms with Crippen LogP contribution in [0.25, 0.3) is 36.5 Å². The van der Waals surface area contributed by atoms with Gasteiger partial charge in [0.05, 0.1) is 6.61 Å². The van der Waals surface area contributed by atoms with Crippen molar-refractivity contribution >= 4 is 69.4 Å². The lowest BCUT2D eigenvalue weighted by molar-refractivity contribution is -0.671. The van der Waals surface area contributed by atoms with E-state index < -0.39 is 0 Å². The Hall–Kier alpha value is -3.40. The molecule has 0 atom stereocenters. The molecule has 5 nitrogen and oxygen atoms in total. The third kappa shape index (κ3) is 16.5. The van der Waals surface area contributed by atoms with Crippen molar-refractivity contribution in [3.63, 3.8) is 0 Å². The zero-order valence-corrected chi connectivity index (χ0v) is 42.9. The maximum absolute atomic E-state index is 6.64. The fourth-order valence-electron chi connectivity index (χ4n) is 6.55. The van der Waals surface area contributed by atoms with Crippen molar-refractivity contribution in [3.05, 3.63) is 174 Å². The summed E-state index contributed by atoms with van der Waals surface area (Å²) >= 11 is 3.55. The number of hydrogen-bond acceptors (Lipinski definition) is 2. The van der Waals surface area contributed by atoms with Crippen molar-refractivity contribution in [1.82, 2.24) is 0 Å². The average Bonchev–Trinajstić information content (AvgIpc) is 3.24. The minimum Gasteiger partial charge on any atom is -1.00 e. The second kappa shape index (κ2) is 27.5. The van der Waals surface area contributed by atoms with Gasteiger partial charge in [-0.3, -0.25) is 0 Å². The molecule has 6 aromatic rings. The Bertz CT molecular complexity index is 2130. The third-order valence-electron chi connectivity index (χ3n) is 10.00. The highest BCUT2D eigenvalue weighted by Gasteiger charge is 2.15.